The van der Waals surface area contributed by atoms with Crippen LogP contribution in [0.2, 0.25) is 0 Å². The number of aliphatic hydroxyl groups excluding tert-OH is 1. The van der Waals surface area contributed by atoms with Crippen molar-refractivity contribution in [1.82, 2.24) is 19.9 Å². The highest BCUT2D eigenvalue weighted by Gasteiger charge is 2.23. The van der Waals surface area contributed by atoms with E-state index < -0.39 is 29.9 Å². The summed E-state index contributed by atoms with van der Waals surface area (Å²) in [7, 11) is 2.99. The van der Waals surface area contributed by atoms with Crippen molar-refractivity contribution in [3.63, 3.8) is 0 Å². The number of rotatable bonds is 15. The third kappa shape index (κ3) is 7.99. The van der Waals surface area contributed by atoms with Crippen molar-refractivity contribution in [3.8, 4) is 23.2 Å². The number of pyridine rings is 1. The molecule has 48 heavy (non-hydrogen) atoms. The molecule has 0 fully saturated rings. The van der Waals surface area contributed by atoms with Crippen molar-refractivity contribution in [2.45, 2.75) is 31.9 Å². The minimum absolute atomic E-state index is 0.0548. The zero-order valence-corrected chi connectivity index (χ0v) is 26.2. The lowest BCUT2D eigenvalue weighted by Crippen LogP contribution is -2.44. The SMILES string of the molecule is COCCNC(O)C(Cn1c(Cc2ccc(-c3cccc(OCc4ccc(C#N)cc4F)n3)cc2F)nc2ccc(C(=O)O)cc21)OC. The Kier molecular flexibility index (Phi) is 11.0. The molecule has 11 nitrogen and oxygen atoms in total. The number of benzene rings is 3. The molecule has 2 heterocycles. The van der Waals surface area contributed by atoms with Crippen LogP contribution in [0.25, 0.3) is 22.3 Å². The average molecular weight is 658 g/mol. The van der Waals surface area contributed by atoms with Crippen LogP contribution in [0.5, 0.6) is 5.88 Å². The normalized spacial score (nSPS) is 12.5. The predicted molar refractivity (Wildman–Crippen MR) is 171 cm³/mol. The maximum Gasteiger partial charge on any atom is 0.335 e. The summed E-state index contributed by atoms with van der Waals surface area (Å²) >= 11 is 0. The molecule has 5 aromatic rings. The summed E-state index contributed by atoms with van der Waals surface area (Å²) in [6.45, 7) is 0.723. The minimum atomic E-state index is -1.11. The molecule has 2 unspecified atom stereocenters. The van der Waals surface area contributed by atoms with Crippen LogP contribution < -0.4 is 10.1 Å². The second-order valence-electron chi connectivity index (χ2n) is 10.9. The van der Waals surface area contributed by atoms with Gasteiger partial charge in [-0.2, -0.15) is 5.26 Å². The lowest BCUT2D eigenvalue weighted by molar-refractivity contribution is -0.0390. The second kappa shape index (κ2) is 15.6. The van der Waals surface area contributed by atoms with Gasteiger partial charge in [-0.05, 0) is 48.0 Å². The van der Waals surface area contributed by atoms with Crippen LogP contribution >= 0.6 is 0 Å². The third-order valence-corrected chi connectivity index (χ3v) is 7.73. The molecule has 248 valence electrons. The highest BCUT2D eigenvalue weighted by molar-refractivity contribution is 5.92. The Morgan fingerprint density at radius 3 is 2.52 bits per heavy atom. The van der Waals surface area contributed by atoms with E-state index in [1.54, 1.807) is 48.1 Å². The van der Waals surface area contributed by atoms with Gasteiger partial charge in [-0.1, -0.05) is 24.3 Å². The number of methoxy groups -OCH3 is 2. The monoisotopic (exact) mass is 657 g/mol. The van der Waals surface area contributed by atoms with E-state index in [9.17, 15) is 19.4 Å². The van der Waals surface area contributed by atoms with Crippen LogP contribution in [0, 0.1) is 23.0 Å². The molecule has 0 saturated heterocycles. The molecule has 0 saturated carbocycles. The van der Waals surface area contributed by atoms with E-state index in [-0.39, 0.29) is 42.1 Å². The van der Waals surface area contributed by atoms with Crippen molar-refractivity contribution in [3.05, 3.63) is 113 Å². The lowest BCUT2D eigenvalue weighted by Gasteiger charge is -2.24. The van der Waals surface area contributed by atoms with Gasteiger partial charge in [0.25, 0.3) is 0 Å². The number of imidazole rings is 1. The molecule has 0 aliphatic heterocycles. The van der Waals surface area contributed by atoms with E-state index in [4.69, 9.17) is 19.5 Å². The summed E-state index contributed by atoms with van der Waals surface area (Å²) in [5, 5.41) is 32.2. The number of nitriles is 1. The average Bonchev–Trinajstić information content (AvgIpc) is 3.43. The largest absolute Gasteiger partial charge is 0.478 e. The first-order valence-electron chi connectivity index (χ1n) is 14.9. The lowest BCUT2D eigenvalue weighted by atomic mass is 10.1. The van der Waals surface area contributed by atoms with E-state index >= 15 is 4.39 Å². The molecule has 0 amide bonds. The zero-order chi connectivity index (χ0) is 34.2. The summed E-state index contributed by atoms with van der Waals surface area (Å²) in [5.74, 6) is -1.54. The van der Waals surface area contributed by atoms with Crippen LogP contribution in [0.15, 0.2) is 72.8 Å². The molecule has 0 spiro atoms. The van der Waals surface area contributed by atoms with Crippen LogP contribution in [0.3, 0.4) is 0 Å². The van der Waals surface area contributed by atoms with Crippen LogP contribution in [-0.2, 0) is 29.0 Å². The van der Waals surface area contributed by atoms with Gasteiger partial charge in [-0.25, -0.2) is 23.5 Å². The predicted octanol–water partition coefficient (Wildman–Crippen LogP) is 4.69. The number of carbonyl (C=O) groups is 1. The minimum Gasteiger partial charge on any atom is -0.478 e. The Morgan fingerprint density at radius 2 is 1.81 bits per heavy atom. The van der Waals surface area contributed by atoms with Gasteiger partial charge in [-0.15, -0.1) is 0 Å². The molecular formula is C35H33F2N5O6. The standard InChI is InChI=1S/C35H33F2N5O6/c1-46-13-12-39-34(43)31(47-2)19-42-30-16-24(35(44)45)10-11-29(30)40-32(42)17-22-8-9-23(15-27(22)37)28-4-3-5-33(41-28)48-20-25-7-6-21(18-38)14-26(25)36/h3-11,14-16,31,34,39,43H,12-13,17,19-20H2,1-2H3,(H,44,45). The maximum atomic E-state index is 15.7. The summed E-state index contributed by atoms with van der Waals surface area (Å²) in [5.41, 5.74) is 2.76. The smallest absolute Gasteiger partial charge is 0.335 e. The van der Waals surface area contributed by atoms with Gasteiger partial charge in [0.1, 0.15) is 36.4 Å². The fraction of sp³-hybridized carbons (Fsp3) is 0.257. The summed E-state index contributed by atoms with van der Waals surface area (Å²) < 4.78 is 47.9. The number of aromatic nitrogens is 3. The van der Waals surface area contributed by atoms with E-state index in [1.807, 2.05) is 6.07 Å². The number of nitrogens with one attached hydrogen (secondary N) is 1. The van der Waals surface area contributed by atoms with Crippen molar-refractivity contribution in [1.29, 1.82) is 5.26 Å². The summed E-state index contributed by atoms with van der Waals surface area (Å²) in [6.07, 6.45) is -1.78. The van der Waals surface area contributed by atoms with Crippen LogP contribution in [0.1, 0.15) is 32.9 Å². The number of hydrogen-bond donors (Lipinski definition) is 3. The van der Waals surface area contributed by atoms with Gasteiger partial charge in [0.15, 0.2) is 0 Å². The van der Waals surface area contributed by atoms with Crippen LogP contribution in [-0.4, -0.2) is 70.4 Å². The Balaban J connectivity index is 1.38. The highest BCUT2D eigenvalue weighted by atomic mass is 19.1. The molecule has 2 atom stereocenters. The molecule has 0 aliphatic rings. The Bertz CT molecular complexity index is 1960. The van der Waals surface area contributed by atoms with Gasteiger partial charge in [0.2, 0.25) is 5.88 Å². The van der Waals surface area contributed by atoms with Crippen LogP contribution in [0.4, 0.5) is 8.78 Å². The number of nitrogens with zero attached hydrogens (tertiary/aromatic N) is 4. The van der Waals surface area contributed by atoms with Gasteiger partial charge in [-0.3, -0.25) is 5.32 Å². The molecule has 2 aromatic heterocycles. The van der Waals surface area contributed by atoms with E-state index in [2.05, 4.69) is 15.3 Å². The quantitative estimate of drug-likeness (QED) is 0.107. The second-order valence-corrected chi connectivity index (χ2v) is 10.9. The van der Waals surface area contributed by atoms with Gasteiger partial charge in [0.05, 0.1) is 47.1 Å². The van der Waals surface area contributed by atoms with Gasteiger partial charge < -0.3 is 29.0 Å². The Morgan fingerprint density at radius 1 is 1.02 bits per heavy atom. The highest BCUT2D eigenvalue weighted by Crippen LogP contribution is 2.26. The number of carboxylic acid groups (broad SMARTS) is 1. The molecule has 5 rings (SSSR count). The molecule has 3 aromatic carbocycles. The van der Waals surface area contributed by atoms with E-state index in [0.29, 0.717) is 46.8 Å². The van der Waals surface area contributed by atoms with Crippen molar-refractivity contribution in [2.75, 3.05) is 27.4 Å². The van der Waals surface area contributed by atoms with E-state index in [0.717, 1.165) is 6.07 Å². The van der Waals surface area contributed by atoms with E-state index in [1.165, 1.54) is 37.4 Å². The number of carboxylic acids is 1. The number of hydrogen-bond acceptors (Lipinski definition) is 9. The van der Waals surface area contributed by atoms with Crippen molar-refractivity contribution < 1.29 is 38.0 Å². The first kappa shape index (κ1) is 34.1. The number of fused-ring (bicyclic) bond motifs is 1. The topological polar surface area (TPSA) is 152 Å². The summed E-state index contributed by atoms with van der Waals surface area (Å²) in [4.78, 5) is 20.9. The van der Waals surface area contributed by atoms with Gasteiger partial charge >= 0.3 is 5.97 Å². The number of halogens is 2. The molecule has 13 heteroatoms. The van der Waals surface area contributed by atoms with Crippen molar-refractivity contribution in [2.24, 2.45) is 0 Å². The molecule has 3 N–H and O–H groups in total. The number of ether oxygens (including phenoxy) is 3. The maximum absolute atomic E-state index is 15.7. The Labute approximate surface area is 275 Å². The number of aliphatic hydroxyl groups is 1. The first-order valence-corrected chi connectivity index (χ1v) is 14.9. The third-order valence-electron chi connectivity index (χ3n) is 7.73. The molecular weight excluding hydrogens is 624 g/mol. The molecule has 0 radical (unpaired) electrons. The Hall–Kier alpha value is -5.26. The number of aromatic carboxylic acids is 1. The fourth-order valence-electron chi connectivity index (χ4n) is 5.13. The van der Waals surface area contributed by atoms with Gasteiger partial charge in [0, 0.05) is 44.4 Å². The molecule has 0 aliphatic carbocycles. The first-order chi connectivity index (χ1) is 23.2. The fourth-order valence-corrected chi connectivity index (χ4v) is 5.13. The molecule has 0 bridgehead atoms. The van der Waals surface area contributed by atoms with Crippen molar-refractivity contribution >= 4 is 17.0 Å². The summed E-state index contributed by atoms with van der Waals surface area (Å²) in [6, 6.07) is 20.2. The zero-order valence-electron chi connectivity index (χ0n) is 26.2.